The molecule has 1 aromatic heterocycles. The Morgan fingerprint density at radius 1 is 1.14 bits per heavy atom. The van der Waals surface area contributed by atoms with Crippen LogP contribution < -0.4 is 5.32 Å². The lowest BCUT2D eigenvalue weighted by molar-refractivity contribution is -0.384. The van der Waals surface area contributed by atoms with Crippen molar-refractivity contribution in [2.75, 3.05) is 11.9 Å². The summed E-state index contributed by atoms with van der Waals surface area (Å²) in [7, 11) is 0. The van der Waals surface area contributed by atoms with E-state index in [1.165, 1.54) is 18.2 Å². The number of nitrogens with one attached hydrogen (secondary N) is 1. The minimum absolute atomic E-state index is 0.0533. The lowest BCUT2D eigenvalue weighted by Gasteiger charge is -2.09. The number of nitro benzene ring substituents is 1. The number of furan rings is 1. The molecule has 0 radical (unpaired) electrons. The van der Waals surface area contributed by atoms with Gasteiger partial charge < -0.3 is 14.5 Å². The lowest BCUT2D eigenvalue weighted by atomic mass is 10.1. The molecule has 3 aromatic rings. The summed E-state index contributed by atoms with van der Waals surface area (Å²) in [6, 6.07) is 14.3. The van der Waals surface area contributed by atoms with Crippen LogP contribution in [0, 0.1) is 17.0 Å². The fraction of sp³-hybridized carbons (Fsp3) is 0.100. The van der Waals surface area contributed by atoms with Crippen LogP contribution >= 0.6 is 11.6 Å². The Morgan fingerprint density at radius 2 is 1.90 bits per heavy atom. The topological polar surface area (TPSA) is 112 Å². The van der Waals surface area contributed by atoms with Crippen LogP contribution in [0.15, 0.2) is 59.0 Å². The number of hydrogen-bond donors (Lipinski definition) is 1. The summed E-state index contributed by atoms with van der Waals surface area (Å²) in [6.07, 6.45) is 0. The number of anilines is 1. The van der Waals surface area contributed by atoms with Crippen molar-refractivity contribution in [3.05, 3.63) is 81.1 Å². The number of ether oxygens (including phenoxy) is 1. The summed E-state index contributed by atoms with van der Waals surface area (Å²) in [6.45, 7) is 0.986. The molecular weight excluding hydrogens is 400 g/mol. The number of para-hydroxylation sites is 1. The predicted molar refractivity (Wildman–Crippen MR) is 106 cm³/mol. The molecule has 0 saturated carbocycles. The maximum Gasteiger partial charge on any atom is 0.374 e. The first-order valence-corrected chi connectivity index (χ1v) is 8.80. The summed E-state index contributed by atoms with van der Waals surface area (Å²) in [5, 5.41) is 14.0. The first kappa shape index (κ1) is 20.1. The predicted octanol–water partition coefficient (Wildman–Crippen LogP) is 4.61. The molecule has 0 fully saturated rings. The third-order valence-electron chi connectivity index (χ3n) is 3.99. The Hall–Kier alpha value is -3.65. The third kappa shape index (κ3) is 4.61. The summed E-state index contributed by atoms with van der Waals surface area (Å²) in [4.78, 5) is 34.7. The van der Waals surface area contributed by atoms with E-state index in [0.717, 1.165) is 0 Å². The number of carbonyl (C=O) groups excluding carboxylic acids is 2. The molecule has 0 unspecified atom stereocenters. The van der Waals surface area contributed by atoms with Gasteiger partial charge in [0.2, 0.25) is 5.76 Å². The van der Waals surface area contributed by atoms with Crippen LogP contribution in [-0.4, -0.2) is 23.4 Å². The second-order valence-electron chi connectivity index (χ2n) is 5.99. The van der Waals surface area contributed by atoms with Gasteiger partial charge in [0.25, 0.3) is 11.6 Å². The fourth-order valence-electron chi connectivity index (χ4n) is 2.60. The molecule has 29 heavy (non-hydrogen) atoms. The van der Waals surface area contributed by atoms with E-state index in [1.807, 2.05) is 0 Å². The van der Waals surface area contributed by atoms with Gasteiger partial charge in [-0.3, -0.25) is 14.9 Å². The minimum atomic E-state index is -0.849. The van der Waals surface area contributed by atoms with Gasteiger partial charge in [-0.05, 0) is 36.8 Å². The number of halogens is 1. The van der Waals surface area contributed by atoms with Gasteiger partial charge >= 0.3 is 5.97 Å². The highest BCUT2D eigenvalue weighted by atomic mass is 35.5. The number of esters is 1. The molecule has 0 spiro atoms. The molecule has 1 N–H and O–H groups in total. The molecule has 0 aliphatic heterocycles. The SMILES string of the molecule is Cc1cccc([N+](=O)[O-])c1NC(=O)COC(=O)c1ccc(-c2ccccc2Cl)o1. The summed E-state index contributed by atoms with van der Waals surface area (Å²) < 4.78 is 10.4. The molecule has 0 bridgehead atoms. The van der Waals surface area contributed by atoms with Crippen molar-refractivity contribution in [2.45, 2.75) is 6.92 Å². The average Bonchev–Trinajstić information content (AvgIpc) is 3.18. The van der Waals surface area contributed by atoms with E-state index >= 15 is 0 Å². The Labute approximate surface area is 170 Å². The molecule has 1 amide bonds. The average molecular weight is 415 g/mol. The quantitative estimate of drug-likeness (QED) is 0.358. The van der Waals surface area contributed by atoms with Gasteiger partial charge in [-0.25, -0.2) is 4.79 Å². The van der Waals surface area contributed by atoms with Gasteiger partial charge in [-0.1, -0.05) is 35.9 Å². The molecule has 9 heteroatoms. The Bertz CT molecular complexity index is 1090. The third-order valence-corrected chi connectivity index (χ3v) is 4.32. The number of benzene rings is 2. The summed E-state index contributed by atoms with van der Waals surface area (Å²) in [5.41, 5.74) is 0.921. The van der Waals surface area contributed by atoms with Crippen LogP contribution in [0.4, 0.5) is 11.4 Å². The van der Waals surface area contributed by atoms with Crippen LogP contribution in [0.25, 0.3) is 11.3 Å². The van der Waals surface area contributed by atoms with E-state index in [1.54, 1.807) is 43.3 Å². The highest BCUT2D eigenvalue weighted by Crippen LogP contribution is 2.29. The van der Waals surface area contributed by atoms with E-state index in [4.69, 9.17) is 20.8 Å². The monoisotopic (exact) mass is 414 g/mol. The second-order valence-corrected chi connectivity index (χ2v) is 6.40. The maximum absolute atomic E-state index is 12.1. The number of carbonyl (C=O) groups is 2. The molecule has 148 valence electrons. The van der Waals surface area contributed by atoms with E-state index in [0.29, 0.717) is 21.9 Å². The van der Waals surface area contributed by atoms with Crippen LogP contribution in [0.3, 0.4) is 0 Å². The molecule has 0 atom stereocenters. The van der Waals surface area contributed by atoms with E-state index in [9.17, 15) is 19.7 Å². The zero-order chi connectivity index (χ0) is 21.0. The van der Waals surface area contributed by atoms with Crippen molar-refractivity contribution < 1.29 is 23.7 Å². The summed E-state index contributed by atoms with van der Waals surface area (Å²) in [5.74, 6) is -1.29. The van der Waals surface area contributed by atoms with Crippen LogP contribution in [0.2, 0.25) is 5.02 Å². The molecule has 1 heterocycles. The Morgan fingerprint density at radius 3 is 2.62 bits per heavy atom. The minimum Gasteiger partial charge on any atom is -0.450 e. The summed E-state index contributed by atoms with van der Waals surface area (Å²) >= 11 is 6.10. The maximum atomic E-state index is 12.1. The molecule has 3 rings (SSSR count). The normalized spacial score (nSPS) is 10.4. The van der Waals surface area contributed by atoms with E-state index < -0.39 is 23.4 Å². The standard InChI is InChI=1S/C20H15ClN2O6/c1-12-5-4-8-15(23(26)27)19(12)22-18(24)11-28-20(25)17-10-9-16(29-17)13-6-2-3-7-14(13)21/h2-10H,11H2,1H3,(H,22,24). The lowest BCUT2D eigenvalue weighted by Crippen LogP contribution is -2.21. The van der Waals surface area contributed by atoms with Crippen molar-refractivity contribution in [1.82, 2.24) is 0 Å². The fourth-order valence-corrected chi connectivity index (χ4v) is 2.83. The van der Waals surface area contributed by atoms with Gasteiger partial charge in [0.15, 0.2) is 6.61 Å². The molecule has 2 aromatic carbocycles. The molecule has 0 aliphatic carbocycles. The van der Waals surface area contributed by atoms with Crippen LogP contribution in [0.1, 0.15) is 16.1 Å². The van der Waals surface area contributed by atoms with E-state index in [2.05, 4.69) is 5.32 Å². The molecule has 8 nitrogen and oxygen atoms in total. The van der Waals surface area contributed by atoms with Crippen molar-refractivity contribution in [3.63, 3.8) is 0 Å². The van der Waals surface area contributed by atoms with E-state index in [-0.39, 0.29) is 17.1 Å². The number of nitrogens with zero attached hydrogens (tertiary/aromatic N) is 1. The van der Waals surface area contributed by atoms with Gasteiger partial charge in [0.05, 0.1) is 9.95 Å². The highest BCUT2D eigenvalue weighted by molar-refractivity contribution is 6.33. The first-order valence-electron chi connectivity index (χ1n) is 8.42. The van der Waals surface area contributed by atoms with Gasteiger partial charge in [-0.2, -0.15) is 0 Å². The smallest absolute Gasteiger partial charge is 0.374 e. The number of nitro groups is 1. The number of hydrogen-bond acceptors (Lipinski definition) is 6. The van der Waals surface area contributed by atoms with Gasteiger partial charge in [-0.15, -0.1) is 0 Å². The second kappa shape index (κ2) is 8.57. The first-order chi connectivity index (χ1) is 13.9. The highest BCUT2D eigenvalue weighted by Gasteiger charge is 2.20. The zero-order valence-electron chi connectivity index (χ0n) is 15.2. The molecular formula is C20H15ClN2O6. The van der Waals surface area contributed by atoms with Gasteiger partial charge in [0.1, 0.15) is 11.4 Å². The van der Waals surface area contributed by atoms with Crippen LogP contribution in [0.5, 0.6) is 0 Å². The largest absolute Gasteiger partial charge is 0.450 e. The molecule has 0 aliphatic rings. The Kier molecular flexibility index (Phi) is 5.94. The van der Waals surface area contributed by atoms with Crippen molar-refractivity contribution >= 4 is 34.9 Å². The number of aryl methyl sites for hydroxylation is 1. The molecule has 0 saturated heterocycles. The van der Waals surface area contributed by atoms with Crippen molar-refractivity contribution in [3.8, 4) is 11.3 Å². The van der Waals surface area contributed by atoms with Gasteiger partial charge in [0, 0.05) is 11.6 Å². The number of rotatable bonds is 6. The van der Waals surface area contributed by atoms with Crippen LogP contribution in [-0.2, 0) is 9.53 Å². The Balaban J connectivity index is 1.64. The zero-order valence-corrected chi connectivity index (χ0v) is 15.9. The van der Waals surface area contributed by atoms with Crippen molar-refractivity contribution in [2.24, 2.45) is 0 Å². The number of amides is 1. The van der Waals surface area contributed by atoms with Crippen molar-refractivity contribution in [1.29, 1.82) is 0 Å².